The lowest BCUT2D eigenvalue weighted by Crippen LogP contribution is -2.32. The van der Waals surface area contributed by atoms with Crippen LogP contribution in [0, 0.1) is 0 Å². The van der Waals surface area contributed by atoms with Crippen LogP contribution in [-0.2, 0) is 9.53 Å². The Kier molecular flexibility index (Phi) is 3.50. The van der Waals surface area contributed by atoms with Crippen molar-refractivity contribution in [3.8, 4) is 0 Å². The maximum Gasteiger partial charge on any atom is 0.411 e. The van der Waals surface area contributed by atoms with E-state index in [2.05, 4.69) is 5.32 Å². The summed E-state index contributed by atoms with van der Waals surface area (Å²) in [4.78, 5) is 22.0. The SMILES string of the molecule is CC(C)(C)OC(=O)NC1=C(C=O)CCC1. The van der Waals surface area contributed by atoms with Crippen LogP contribution in [0.25, 0.3) is 0 Å². The number of hydrogen-bond acceptors (Lipinski definition) is 3. The van der Waals surface area contributed by atoms with Gasteiger partial charge in [-0.15, -0.1) is 0 Å². The quantitative estimate of drug-likeness (QED) is 0.712. The molecule has 0 aliphatic heterocycles. The Bertz CT molecular complexity index is 299. The second-order valence-corrected chi connectivity index (χ2v) is 4.60. The molecule has 1 aliphatic rings. The molecule has 0 fully saturated rings. The summed E-state index contributed by atoms with van der Waals surface area (Å²) in [6.45, 7) is 5.41. The molecular formula is C11H17NO3. The minimum Gasteiger partial charge on any atom is -0.444 e. The summed E-state index contributed by atoms with van der Waals surface area (Å²) < 4.78 is 5.09. The molecule has 1 aliphatic carbocycles. The van der Waals surface area contributed by atoms with Gasteiger partial charge >= 0.3 is 6.09 Å². The Morgan fingerprint density at radius 1 is 1.40 bits per heavy atom. The molecule has 4 nitrogen and oxygen atoms in total. The van der Waals surface area contributed by atoms with E-state index in [0.29, 0.717) is 11.3 Å². The molecule has 84 valence electrons. The number of nitrogens with one attached hydrogen (secondary N) is 1. The van der Waals surface area contributed by atoms with Crippen molar-refractivity contribution in [3.63, 3.8) is 0 Å². The van der Waals surface area contributed by atoms with E-state index in [1.54, 1.807) is 20.8 Å². The van der Waals surface area contributed by atoms with Crippen LogP contribution < -0.4 is 5.32 Å². The smallest absolute Gasteiger partial charge is 0.411 e. The molecule has 0 spiro atoms. The van der Waals surface area contributed by atoms with Crippen LogP contribution >= 0.6 is 0 Å². The van der Waals surface area contributed by atoms with Crippen molar-refractivity contribution in [2.45, 2.75) is 45.6 Å². The van der Waals surface area contributed by atoms with Gasteiger partial charge in [-0.25, -0.2) is 4.79 Å². The van der Waals surface area contributed by atoms with E-state index in [9.17, 15) is 9.59 Å². The van der Waals surface area contributed by atoms with Gasteiger partial charge in [-0.2, -0.15) is 0 Å². The first-order valence-corrected chi connectivity index (χ1v) is 5.09. The normalized spacial score (nSPS) is 16.5. The molecule has 15 heavy (non-hydrogen) atoms. The van der Waals surface area contributed by atoms with Gasteiger partial charge in [-0.3, -0.25) is 10.1 Å². The third kappa shape index (κ3) is 3.73. The molecule has 0 atom stereocenters. The summed E-state index contributed by atoms with van der Waals surface area (Å²) in [5.74, 6) is 0. The van der Waals surface area contributed by atoms with Gasteiger partial charge in [-0.05, 0) is 40.0 Å². The molecular weight excluding hydrogens is 194 g/mol. The number of amides is 1. The van der Waals surface area contributed by atoms with Crippen LogP contribution in [0.3, 0.4) is 0 Å². The van der Waals surface area contributed by atoms with Crippen molar-refractivity contribution in [1.82, 2.24) is 5.32 Å². The lowest BCUT2D eigenvalue weighted by Gasteiger charge is -2.20. The Morgan fingerprint density at radius 2 is 2.07 bits per heavy atom. The zero-order chi connectivity index (χ0) is 11.5. The summed E-state index contributed by atoms with van der Waals surface area (Å²) in [5.41, 5.74) is 0.880. The fourth-order valence-electron chi connectivity index (χ4n) is 1.47. The molecule has 0 radical (unpaired) electrons. The Balaban J connectivity index is 2.55. The average Bonchev–Trinajstić information content (AvgIpc) is 2.48. The van der Waals surface area contributed by atoms with Crippen LogP contribution in [0.15, 0.2) is 11.3 Å². The highest BCUT2D eigenvalue weighted by molar-refractivity contribution is 5.78. The molecule has 1 rings (SSSR count). The van der Waals surface area contributed by atoms with Crippen molar-refractivity contribution in [1.29, 1.82) is 0 Å². The largest absolute Gasteiger partial charge is 0.444 e. The van der Waals surface area contributed by atoms with Crippen molar-refractivity contribution < 1.29 is 14.3 Å². The van der Waals surface area contributed by atoms with E-state index in [-0.39, 0.29) is 0 Å². The molecule has 0 heterocycles. The Labute approximate surface area is 89.7 Å². The molecule has 0 aromatic carbocycles. The highest BCUT2D eigenvalue weighted by atomic mass is 16.6. The minimum atomic E-state index is -0.509. The lowest BCUT2D eigenvalue weighted by molar-refractivity contribution is -0.105. The van der Waals surface area contributed by atoms with E-state index < -0.39 is 11.7 Å². The van der Waals surface area contributed by atoms with E-state index >= 15 is 0 Å². The standard InChI is InChI=1S/C11H17NO3/c1-11(2,3)15-10(14)12-9-6-4-5-8(9)7-13/h7H,4-6H2,1-3H3,(H,12,14). The maximum atomic E-state index is 11.4. The van der Waals surface area contributed by atoms with E-state index in [1.165, 1.54) is 0 Å². The third-order valence-corrected chi connectivity index (χ3v) is 2.05. The first kappa shape index (κ1) is 11.8. The van der Waals surface area contributed by atoms with Crippen LogP contribution in [0.5, 0.6) is 0 Å². The van der Waals surface area contributed by atoms with Crippen LogP contribution in [-0.4, -0.2) is 18.0 Å². The molecule has 0 aromatic heterocycles. The summed E-state index contributed by atoms with van der Waals surface area (Å²) in [5, 5.41) is 2.62. The first-order chi connectivity index (χ1) is 6.92. The number of carbonyl (C=O) groups is 2. The van der Waals surface area contributed by atoms with Crippen LogP contribution in [0.4, 0.5) is 4.79 Å². The molecule has 0 saturated carbocycles. The molecule has 4 heteroatoms. The summed E-state index contributed by atoms with van der Waals surface area (Å²) in [7, 11) is 0. The van der Waals surface area contributed by atoms with Gasteiger partial charge in [0.2, 0.25) is 0 Å². The van der Waals surface area contributed by atoms with Crippen molar-refractivity contribution in [2.24, 2.45) is 0 Å². The van der Waals surface area contributed by atoms with Crippen LogP contribution in [0.1, 0.15) is 40.0 Å². The van der Waals surface area contributed by atoms with Crippen molar-refractivity contribution >= 4 is 12.4 Å². The van der Waals surface area contributed by atoms with Gasteiger partial charge in [0.05, 0.1) is 0 Å². The number of ether oxygens (including phenoxy) is 1. The third-order valence-electron chi connectivity index (χ3n) is 2.05. The van der Waals surface area contributed by atoms with E-state index in [0.717, 1.165) is 25.5 Å². The molecule has 1 N–H and O–H groups in total. The summed E-state index contributed by atoms with van der Waals surface area (Å²) in [6.07, 6.45) is 2.72. The maximum absolute atomic E-state index is 11.4. The van der Waals surface area contributed by atoms with E-state index in [4.69, 9.17) is 4.74 Å². The minimum absolute atomic E-state index is 0.487. The number of aldehydes is 1. The Hall–Kier alpha value is -1.32. The predicted molar refractivity (Wildman–Crippen MR) is 56.3 cm³/mol. The summed E-state index contributed by atoms with van der Waals surface area (Å²) >= 11 is 0. The molecule has 1 amide bonds. The fourth-order valence-corrected chi connectivity index (χ4v) is 1.47. The monoisotopic (exact) mass is 211 g/mol. The van der Waals surface area contributed by atoms with Gasteiger partial charge in [-0.1, -0.05) is 0 Å². The second-order valence-electron chi connectivity index (χ2n) is 4.60. The fraction of sp³-hybridized carbons (Fsp3) is 0.636. The molecule has 0 saturated heterocycles. The second kappa shape index (κ2) is 4.47. The molecule has 0 bridgehead atoms. The van der Waals surface area contributed by atoms with Crippen LogP contribution in [0.2, 0.25) is 0 Å². The zero-order valence-electron chi connectivity index (χ0n) is 9.42. The number of alkyl carbamates (subject to hydrolysis) is 1. The zero-order valence-corrected chi connectivity index (χ0v) is 9.42. The highest BCUT2D eigenvalue weighted by Crippen LogP contribution is 2.22. The number of allylic oxidation sites excluding steroid dienone is 2. The Morgan fingerprint density at radius 3 is 2.60 bits per heavy atom. The van der Waals surface area contributed by atoms with Crippen molar-refractivity contribution in [3.05, 3.63) is 11.3 Å². The van der Waals surface area contributed by atoms with Gasteiger partial charge in [0.1, 0.15) is 11.9 Å². The van der Waals surface area contributed by atoms with Gasteiger partial charge in [0.25, 0.3) is 0 Å². The molecule has 0 aromatic rings. The lowest BCUT2D eigenvalue weighted by atomic mass is 10.2. The number of hydrogen-bond donors (Lipinski definition) is 1. The van der Waals surface area contributed by atoms with Gasteiger partial charge in [0.15, 0.2) is 0 Å². The summed E-state index contributed by atoms with van der Waals surface area (Å²) in [6, 6.07) is 0. The van der Waals surface area contributed by atoms with Gasteiger partial charge < -0.3 is 4.74 Å². The van der Waals surface area contributed by atoms with Crippen molar-refractivity contribution in [2.75, 3.05) is 0 Å². The number of carbonyl (C=O) groups excluding carboxylic acids is 2. The molecule has 0 unspecified atom stereocenters. The van der Waals surface area contributed by atoms with Gasteiger partial charge in [0, 0.05) is 11.3 Å². The highest BCUT2D eigenvalue weighted by Gasteiger charge is 2.20. The average molecular weight is 211 g/mol. The topological polar surface area (TPSA) is 55.4 Å². The first-order valence-electron chi connectivity index (χ1n) is 5.09. The van der Waals surface area contributed by atoms with E-state index in [1.807, 2.05) is 0 Å². The predicted octanol–water partition coefficient (Wildman–Crippen LogP) is 2.15. The number of rotatable bonds is 2.